The molecule has 1 unspecified atom stereocenters. The first-order chi connectivity index (χ1) is 16.3. The summed E-state index contributed by atoms with van der Waals surface area (Å²) in [5, 5.41) is 10.7. The van der Waals surface area contributed by atoms with Gasteiger partial charge in [0.2, 0.25) is 0 Å². The molecule has 1 fully saturated rings. The summed E-state index contributed by atoms with van der Waals surface area (Å²) in [5.74, 6) is -0.619. The lowest BCUT2D eigenvalue weighted by Gasteiger charge is -2.15. The van der Waals surface area contributed by atoms with Crippen LogP contribution in [-0.2, 0) is 19.4 Å². The Morgan fingerprint density at radius 3 is 2.56 bits per heavy atom. The van der Waals surface area contributed by atoms with Gasteiger partial charge >= 0.3 is 6.18 Å². The number of rotatable bonds is 10. The molecule has 1 saturated carbocycles. The normalized spacial score (nSPS) is 14.9. The monoisotopic (exact) mass is 467 g/mol. The number of aryl methyl sites for hydroxylation is 2. The molecule has 180 valence electrons. The van der Waals surface area contributed by atoms with E-state index in [1.807, 2.05) is 30.5 Å². The Kier molecular flexibility index (Phi) is 7.30. The molecule has 0 radical (unpaired) electrons. The minimum absolute atomic E-state index is 0.128. The lowest BCUT2D eigenvalue weighted by Crippen LogP contribution is -2.19. The number of benzene rings is 1. The van der Waals surface area contributed by atoms with E-state index in [2.05, 4.69) is 23.6 Å². The van der Waals surface area contributed by atoms with E-state index in [1.165, 1.54) is 30.7 Å². The van der Waals surface area contributed by atoms with Crippen molar-refractivity contribution in [1.29, 1.82) is 5.26 Å². The molecule has 1 atom stereocenters. The van der Waals surface area contributed by atoms with E-state index in [9.17, 15) is 18.4 Å². The SMILES string of the molecule is CCCCc1c(-c2ccc(CCCC(C)C(F)(F)F)cn2)n(CC2CC2)c2cc(C#N)ccc12. The summed E-state index contributed by atoms with van der Waals surface area (Å²) in [6.45, 7) is 4.35. The standard InChI is InChI=1S/C28H32F3N3/c1-3-4-8-24-23-13-11-22(16-32)15-26(23)34(18-21-9-10-21)27(24)25-14-12-20(17-33-25)7-5-6-19(2)28(29,30)31/h11-15,17,19,21H,3-10,18H2,1-2H3. The highest BCUT2D eigenvalue weighted by Crippen LogP contribution is 2.39. The first kappa shape index (κ1) is 24.3. The van der Waals surface area contributed by atoms with Gasteiger partial charge < -0.3 is 4.57 Å². The van der Waals surface area contributed by atoms with Gasteiger partial charge in [-0.2, -0.15) is 18.4 Å². The second-order valence-corrected chi connectivity index (χ2v) is 9.72. The summed E-state index contributed by atoms with van der Waals surface area (Å²) in [6.07, 6.45) is 4.46. The highest BCUT2D eigenvalue weighted by atomic mass is 19.4. The van der Waals surface area contributed by atoms with Crippen LogP contribution in [0.2, 0.25) is 0 Å². The van der Waals surface area contributed by atoms with Crippen LogP contribution in [0, 0.1) is 23.2 Å². The van der Waals surface area contributed by atoms with Gasteiger partial charge in [0.1, 0.15) is 0 Å². The van der Waals surface area contributed by atoms with Crippen LogP contribution in [0.15, 0.2) is 36.5 Å². The predicted octanol–water partition coefficient (Wildman–Crippen LogP) is 7.85. The predicted molar refractivity (Wildman–Crippen MR) is 129 cm³/mol. The molecule has 0 saturated heterocycles. The van der Waals surface area contributed by atoms with E-state index < -0.39 is 12.1 Å². The molecule has 3 aromatic rings. The van der Waals surface area contributed by atoms with Gasteiger partial charge in [0.25, 0.3) is 0 Å². The number of hydrogen-bond donors (Lipinski definition) is 0. The zero-order chi connectivity index (χ0) is 24.3. The largest absolute Gasteiger partial charge is 0.391 e. The van der Waals surface area contributed by atoms with Crippen LogP contribution in [0.1, 0.15) is 69.1 Å². The number of unbranched alkanes of at least 4 members (excludes halogenated alkanes) is 1. The number of nitrogens with zero attached hydrogens (tertiary/aromatic N) is 3. The first-order valence-corrected chi connectivity index (χ1v) is 12.4. The topological polar surface area (TPSA) is 41.6 Å². The Bertz CT molecular complexity index is 1160. The summed E-state index contributed by atoms with van der Waals surface area (Å²) in [5.41, 5.74) is 6.02. The fourth-order valence-corrected chi connectivity index (χ4v) is 4.63. The molecule has 1 aliphatic rings. The summed E-state index contributed by atoms with van der Waals surface area (Å²) >= 11 is 0. The molecule has 34 heavy (non-hydrogen) atoms. The summed E-state index contributed by atoms with van der Waals surface area (Å²) in [7, 11) is 0. The van der Waals surface area contributed by atoms with Crippen molar-refractivity contribution >= 4 is 10.9 Å². The lowest BCUT2D eigenvalue weighted by atomic mass is 10.00. The maximum atomic E-state index is 12.8. The van der Waals surface area contributed by atoms with Gasteiger partial charge in [-0.25, -0.2) is 0 Å². The van der Waals surface area contributed by atoms with Crippen molar-refractivity contribution < 1.29 is 13.2 Å². The van der Waals surface area contributed by atoms with Gasteiger partial charge in [-0.15, -0.1) is 0 Å². The highest BCUT2D eigenvalue weighted by molar-refractivity contribution is 5.92. The minimum Gasteiger partial charge on any atom is -0.339 e. The summed E-state index contributed by atoms with van der Waals surface area (Å²) < 4.78 is 40.7. The number of alkyl halides is 3. The molecule has 3 nitrogen and oxygen atoms in total. The highest BCUT2D eigenvalue weighted by Gasteiger charge is 2.35. The molecule has 4 rings (SSSR count). The fourth-order valence-electron chi connectivity index (χ4n) is 4.63. The number of fused-ring (bicyclic) bond motifs is 1. The van der Waals surface area contributed by atoms with Gasteiger partial charge in [-0.05, 0) is 80.2 Å². The quantitative estimate of drug-likeness (QED) is 0.305. The van der Waals surface area contributed by atoms with Crippen LogP contribution in [0.5, 0.6) is 0 Å². The van der Waals surface area contributed by atoms with Gasteiger partial charge in [-0.1, -0.05) is 32.4 Å². The number of aromatic nitrogens is 2. The van der Waals surface area contributed by atoms with Gasteiger partial charge in [0.05, 0.1) is 34.5 Å². The van der Waals surface area contributed by atoms with Crippen molar-refractivity contribution in [3.63, 3.8) is 0 Å². The van der Waals surface area contributed by atoms with E-state index >= 15 is 0 Å². The van der Waals surface area contributed by atoms with Crippen LogP contribution in [0.3, 0.4) is 0 Å². The van der Waals surface area contributed by atoms with Crippen LogP contribution in [-0.4, -0.2) is 15.7 Å². The van der Waals surface area contributed by atoms with Crippen LogP contribution in [0.25, 0.3) is 22.3 Å². The van der Waals surface area contributed by atoms with E-state index in [1.54, 1.807) is 0 Å². The number of halogens is 3. The third-order valence-electron chi connectivity index (χ3n) is 6.95. The first-order valence-electron chi connectivity index (χ1n) is 12.4. The summed E-state index contributed by atoms with van der Waals surface area (Å²) in [6, 6.07) is 12.2. The molecule has 1 aromatic carbocycles. The maximum absolute atomic E-state index is 12.8. The Hall–Kier alpha value is -2.81. The second-order valence-electron chi connectivity index (χ2n) is 9.72. The van der Waals surface area contributed by atoms with Crippen molar-refractivity contribution in [3.05, 3.63) is 53.2 Å². The molecule has 0 amide bonds. The van der Waals surface area contributed by atoms with Gasteiger partial charge in [-0.3, -0.25) is 4.98 Å². The van der Waals surface area contributed by atoms with Crippen molar-refractivity contribution in [1.82, 2.24) is 9.55 Å². The molecule has 0 bridgehead atoms. The number of nitriles is 1. The fraction of sp³-hybridized carbons (Fsp3) is 0.500. The Labute approximate surface area is 199 Å². The zero-order valence-electron chi connectivity index (χ0n) is 20.0. The molecular weight excluding hydrogens is 435 g/mol. The van der Waals surface area contributed by atoms with E-state index in [0.29, 0.717) is 24.3 Å². The molecule has 0 spiro atoms. The molecule has 2 heterocycles. The molecule has 6 heteroatoms. The molecular formula is C28H32F3N3. The average Bonchev–Trinajstić information content (AvgIpc) is 3.59. The van der Waals surface area contributed by atoms with Crippen LogP contribution in [0.4, 0.5) is 13.2 Å². The molecule has 2 aromatic heterocycles. The van der Waals surface area contributed by atoms with E-state index in [-0.39, 0.29) is 6.42 Å². The molecule has 0 N–H and O–H groups in total. The molecule has 0 aliphatic heterocycles. The zero-order valence-corrected chi connectivity index (χ0v) is 20.0. The second kappa shape index (κ2) is 10.2. The third-order valence-corrected chi connectivity index (χ3v) is 6.95. The Morgan fingerprint density at radius 1 is 1.15 bits per heavy atom. The van der Waals surface area contributed by atoms with E-state index in [0.717, 1.165) is 48.3 Å². The van der Waals surface area contributed by atoms with E-state index in [4.69, 9.17) is 4.98 Å². The van der Waals surface area contributed by atoms with Crippen LogP contribution < -0.4 is 0 Å². The minimum atomic E-state index is -4.13. The number of hydrogen-bond acceptors (Lipinski definition) is 2. The van der Waals surface area contributed by atoms with Crippen molar-refractivity contribution in [3.8, 4) is 17.5 Å². The summed E-state index contributed by atoms with van der Waals surface area (Å²) in [4.78, 5) is 4.78. The Morgan fingerprint density at radius 2 is 1.94 bits per heavy atom. The van der Waals surface area contributed by atoms with Gasteiger partial charge in [0.15, 0.2) is 0 Å². The third kappa shape index (κ3) is 5.46. The van der Waals surface area contributed by atoms with Crippen molar-refractivity contribution in [2.24, 2.45) is 11.8 Å². The maximum Gasteiger partial charge on any atom is 0.391 e. The smallest absolute Gasteiger partial charge is 0.339 e. The van der Waals surface area contributed by atoms with Crippen LogP contribution >= 0.6 is 0 Å². The van der Waals surface area contributed by atoms with Crippen molar-refractivity contribution in [2.75, 3.05) is 0 Å². The van der Waals surface area contributed by atoms with Gasteiger partial charge in [0, 0.05) is 18.1 Å². The van der Waals surface area contributed by atoms with Crippen molar-refractivity contribution in [2.45, 2.75) is 77.9 Å². The lowest BCUT2D eigenvalue weighted by molar-refractivity contribution is -0.171. The Balaban J connectivity index is 1.66. The molecule has 1 aliphatic carbocycles. The number of pyridine rings is 1. The average molecular weight is 468 g/mol.